The summed E-state index contributed by atoms with van der Waals surface area (Å²) < 4.78 is 31.3. The summed E-state index contributed by atoms with van der Waals surface area (Å²) in [5.41, 5.74) is 4.65. The Bertz CT molecular complexity index is 1480. The molecule has 4 N–H and O–H groups in total. The summed E-state index contributed by atoms with van der Waals surface area (Å²) in [7, 11) is -3.75. The molecule has 0 bridgehead atoms. The molecule has 1 aromatic heterocycles. The minimum atomic E-state index is -3.75. The van der Waals surface area contributed by atoms with E-state index in [1.165, 1.54) is 34.9 Å². The molecule has 2 saturated heterocycles. The summed E-state index contributed by atoms with van der Waals surface area (Å²) >= 11 is 0. The molecule has 11 heteroatoms. The van der Waals surface area contributed by atoms with Gasteiger partial charge >= 0.3 is 6.01 Å². The van der Waals surface area contributed by atoms with Crippen molar-refractivity contribution in [3.63, 3.8) is 0 Å². The highest BCUT2D eigenvalue weighted by atomic mass is 32.2. The van der Waals surface area contributed by atoms with Crippen molar-refractivity contribution >= 4 is 32.5 Å². The third kappa shape index (κ3) is 5.47. The highest BCUT2D eigenvalue weighted by Gasteiger charge is 2.45. The average molecular weight is 566 g/mol. The number of ether oxygens (including phenoxy) is 1. The zero-order chi connectivity index (χ0) is 27.7. The minimum Gasteiger partial charge on any atom is -0.461 e. The van der Waals surface area contributed by atoms with E-state index in [0.717, 1.165) is 56.6 Å². The molecule has 0 amide bonds. The highest BCUT2D eigenvalue weighted by molar-refractivity contribution is 7.87. The summed E-state index contributed by atoms with van der Waals surface area (Å²) in [6, 6.07) is 13.4. The van der Waals surface area contributed by atoms with Crippen molar-refractivity contribution in [1.29, 1.82) is 0 Å². The van der Waals surface area contributed by atoms with Crippen LogP contribution in [0.1, 0.15) is 49.4 Å². The average Bonchev–Trinajstić information content (AvgIpc) is 3.53. The van der Waals surface area contributed by atoms with Crippen LogP contribution in [0.2, 0.25) is 0 Å². The van der Waals surface area contributed by atoms with Crippen LogP contribution in [0.5, 0.6) is 6.01 Å². The van der Waals surface area contributed by atoms with E-state index in [4.69, 9.17) is 19.8 Å². The number of aromatic nitrogens is 2. The SMILES string of the molecule is CCc1cccc2cccc(N3CCc4c(nc(OCC56CCCN5CCC6)nc4NCCNS(N)(=O)=O)C3)c12. The molecule has 0 atom stereocenters. The van der Waals surface area contributed by atoms with E-state index in [2.05, 4.69) is 63.2 Å². The smallest absolute Gasteiger partial charge is 0.318 e. The van der Waals surface area contributed by atoms with Crippen molar-refractivity contribution in [2.24, 2.45) is 5.14 Å². The van der Waals surface area contributed by atoms with Crippen molar-refractivity contribution in [3.05, 3.63) is 53.2 Å². The van der Waals surface area contributed by atoms with E-state index in [1.54, 1.807) is 0 Å². The largest absolute Gasteiger partial charge is 0.461 e. The van der Waals surface area contributed by atoms with Gasteiger partial charge in [-0.2, -0.15) is 18.4 Å². The molecule has 2 fully saturated rings. The molecule has 6 rings (SSSR count). The lowest BCUT2D eigenvalue weighted by Gasteiger charge is -2.33. The van der Waals surface area contributed by atoms with Crippen molar-refractivity contribution in [2.75, 3.05) is 49.5 Å². The first-order valence-corrected chi connectivity index (χ1v) is 15.9. The third-order valence-electron chi connectivity index (χ3n) is 8.74. The highest BCUT2D eigenvalue weighted by Crippen LogP contribution is 2.39. The Balaban J connectivity index is 1.29. The standard InChI is InChI=1S/C29H39N7O3S/c1-2-21-7-3-8-22-9-4-10-25(26(21)22)35-18-11-23-24(19-35)33-28(34-27(23)31-14-15-32-40(30,37)38)39-20-29-12-5-16-36(29)17-6-13-29/h3-4,7-10,32H,2,5-6,11-20H2,1H3,(H2,30,37,38)(H,31,33,34). The van der Waals surface area contributed by atoms with E-state index in [1.807, 2.05) is 0 Å². The summed E-state index contributed by atoms with van der Waals surface area (Å²) in [6.45, 7) is 7.05. The van der Waals surface area contributed by atoms with E-state index >= 15 is 0 Å². The minimum absolute atomic E-state index is 0.0950. The van der Waals surface area contributed by atoms with Gasteiger partial charge in [-0.05, 0) is 68.6 Å². The van der Waals surface area contributed by atoms with Crippen molar-refractivity contribution in [3.8, 4) is 6.01 Å². The summed E-state index contributed by atoms with van der Waals surface area (Å²) in [4.78, 5) is 14.7. The fourth-order valence-electron chi connectivity index (χ4n) is 6.81. The Morgan fingerprint density at radius 1 is 1.05 bits per heavy atom. The molecule has 3 aromatic rings. The Morgan fingerprint density at radius 3 is 2.58 bits per heavy atom. The number of aryl methyl sites for hydroxylation is 1. The molecule has 0 aliphatic carbocycles. The van der Waals surface area contributed by atoms with Crippen molar-refractivity contribution in [2.45, 2.75) is 57.5 Å². The van der Waals surface area contributed by atoms with E-state index in [-0.39, 0.29) is 12.1 Å². The van der Waals surface area contributed by atoms with Gasteiger partial charge in [0.25, 0.3) is 10.2 Å². The second-order valence-electron chi connectivity index (χ2n) is 11.2. The second-order valence-corrected chi connectivity index (χ2v) is 12.5. The van der Waals surface area contributed by atoms with Crippen LogP contribution in [0, 0.1) is 0 Å². The zero-order valence-electron chi connectivity index (χ0n) is 23.2. The van der Waals surface area contributed by atoms with Gasteiger partial charge in [-0.15, -0.1) is 0 Å². The third-order valence-corrected chi connectivity index (χ3v) is 9.34. The Kier molecular flexibility index (Phi) is 7.56. The number of benzene rings is 2. The number of nitrogens with zero attached hydrogens (tertiary/aromatic N) is 4. The second kappa shape index (κ2) is 11.1. The number of rotatable bonds is 10. The maximum absolute atomic E-state index is 11.3. The molecule has 0 saturated carbocycles. The van der Waals surface area contributed by atoms with Gasteiger partial charge in [0.2, 0.25) is 0 Å². The molecular weight excluding hydrogens is 526 g/mol. The molecule has 0 radical (unpaired) electrons. The monoisotopic (exact) mass is 565 g/mol. The van der Waals surface area contributed by atoms with Crippen LogP contribution >= 0.6 is 0 Å². The topological polar surface area (TPSA) is 126 Å². The number of fused-ring (bicyclic) bond motifs is 3. The fraction of sp³-hybridized carbons (Fsp3) is 0.517. The lowest BCUT2D eigenvalue weighted by Crippen LogP contribution is -2.43. The van der Waals surface area contributed by atoms with Crippen LogP contribution in [-0.2, 0) is 29.6 Å². The van der Waals surface area contributed by atoms with E-state index in [9.17, 15) is 8.42 Å². The summed E-state index contributed by atoms with van der Waals surface area (Å²) in [6.07, 6.45) is 6.45. The van der Waals surface area contributed by atoms with E-state index < -0.39 is 10.2 Å². The molecule has 3 aliphatic rings. The Hall–Kier alpha value is -2.99. The molecule has 40 heavy (non-hydrogen) atoms. The van der Waals surface area contributed by atoms with Gasteiger partial charge in [-0.25, -0.2) is 9.86 Å². The molecule has 214 valence electrons. The molecular formula is C29H39N7O3S. The molecule has 0 spiro atoms. The number of hydrogen-bond acceptors (Lipinski definition) is 8. The van der Waals surface area contributed by atoms with Gasteiger partial charge in [0.05, 0.1) is 17.8 Å². The maximum atomic E-state index is 11.3. The zero-order valence-corrected chi connectivity index (χ0v) is 24.0. The predicted molar refractivity (Wildman–Crippen MR) is 158 cm³/mol. The first kappa shape index (κ1) is 27.2. The quantitative estimate of drug-likeness (QED) is 0.321. The van der Waals surface area contributed by atoms with Crippen LogP contribution in [0.3, 0.4) is 0 Å². The van der Waals surface area contributed by atoms with Crippen LogP contribution in [-0.4, -0.2) is 68.2 Å². The number of hydrogen-bond donors (Lipinski definition) is 3. The van der Waals surface area contributed by atoms with E-state index in [0.29, 0.717) is 31.5 Å². The lowest BCUT2D eigenvalue weighted by molar-refractivity contribution is 0.107. The van der Waals surface area contributed by atoms with Gasteiger partial charge in [-0.3, -0.25) is 4.90 Å². The Labute approximate surface area is 236 Å². The van der Waals surface area contributed by atoms with Crippen LogP contribution < -0.4 is 24.8 Å². The van der Waals surface area contributed by atoms with Crippen LogP contribution in [0.15, 0.2) is 36.4 Å². The molecule has 0 unspecified atom stereocenters. The molecule has 3 aliphatic heterocycles. The maximum Gasteiger partial charge on any atom is 0.318 e. The lowest BCUT2D eigenvalue weighted by atomic mass is 9.95. The van der Waals surface area contributed by atoms with Crippen LogP contribution in [0.25, 0.3) is 10.8 Å². The first-order chi connectivity index (χ1) is 19.4. The van der Waals surface area contributed by atoms with Gasteiger partial charge in [0.15, 0.2) is 0 Å². The number of anilines is 2. The van der Waals surface area contributed by atoms with Gasteiger partial charge in [0.1, 0.15) is 12.4 Å². The molecule has 10 nitrogen and oxygen atoms in total. The fourth-order valence-corrected chi connectivity index (χ4v) is 7.20. The number of nitrogens with one attached hydrogen (secondary N) is 2. The number of nitrogens with two attached hydrogens (primary N) is 1. The summed E-state index contributed by atoms with van der Waals surface area (Å²) in [5.74, 6) is 0.704. The predicted octanol–water partition coefficient (Wildman–Crippen LogP) is 2.97. The van der Waals surface area contributed by atoms with Crippen molar-refractivity contribution in [1.82, 2.24) is 19.6 Å². The normalized spacial score (nSPS) is 18.6. The molecule has 2 aromatic carbocycles. The van der Waals surface area contributed by atoms with Gasteiger partial charge < -0.3 is 15.0 Å². The first-order valence-electron chi connectivity index (χ1n) is 14.4. The van der Waals surface area contributed by atoms with Gasteiger partial charge in [0, 0.05) is 36.3 Å². The summed E-state index contributed by atoms with van der Waals surface area (Å²) in [5, 5.41) is 11.0. The Morgan fingerprint density at radius 2 is 1.82 bits per heavy atom. The van der Waals surface area contributed by atoms with Crippen LogP contribution in [0.4, 0.5) is 11.5 Å². The van der Waals surface area contributed by atoms with Crippen molar-refractivity contribution < 1.29 is 13.2 Å². The van der Waals surface area contributed by atoms with Gasteiger partial charge in [-0.1, -0.05) is 37.3 Å². The molecule has 4 heterocycles.